The number of thiazole rings is 1. The molecule has 0 spiro atoms. The summed E-state index contributed by atoms with van der Waals surface area (Å²) in [6.45, 7) is 11.3. The molecule has 2 rings (SSSR count). The molecule has 7 nitrogen and oxygen atoms in total. The lowest BCUT2D eigenvalue weighted by Crippen LogP contribution is -2.42. The van der Waals surface area contributed by atoms with Crippen molar-refractivity contribution in [2.75, 3.05) is 6.61 Å². The lowest BCUT2D eigenvalue weighted by atomic mass is 9.93. The number of esters is 1. The molecule has 0 aliphatic rings. The highest BCUT2D eigenvalue weighted by Gasteiger charge is 2.22. The van der Waals surface area contributed by atoms with E-state index in [0.29, 0.717) is 10.6 Å². The summed E-state index contributed by atoms with van der Waals surface area (Å²) in [6.07, 6.45) is 1.53. The fourth-order valence-corrected chi connectivity index (χ4v) is 3.40. The molecule has 8 heteroatoms. The SMILES string of the molecule is CCOC(=O)Cn1c(=O)c(-c2nc(C(C)(C)C)cs2)cn(C(C)C)c1=O. The Balaban J connectivity index is 2.65. The Kier molecular flexibility index (Phi) is 5.85. The maximum absolute atomic E-state index is 12.9. The number of aromatic nitrogens is 3. The summed E-state index contributed by atoms with van der Waals surface area (Å²) >= 11 is 1.35. The van der Waals surface area contributed by atoms with Crippen molar-refractivity contribution in [3.8, 4) is 10.6 Å². The first-order valence-electron chi connectivity index (χ1n) is 8.54. The summed E-state index contributed by atoms with van der Waals surface area (Å²) in [5.41, 5.74) is -0.0334. The van der Waals surface area contributed by atoms with E-state index >= 15 is 0 Å². The van der Waals surface area contributed by atoms with Gasteiger partial charge in [-0.05, 0) is 20.8 Å². The molecule has 0 radical (unpaired) electrons. The highest BCUT2D eigenvalue weighted by molar-refractivity contribution is 7.13. The third-order valence-electron chi connectivity index (χ3n) is 3.85. The molecule has 0 saturated heterocycles. The van der Waals surface area contributed by atoms with Gasteiger partial charge in [0.25, 0.3) is 5.56 Å². The molecule has 0 aliphatic heterocycles. The highest BCUT2D eigenvalue weighted by atomic mass is 32.1. The summed E-state index contributed by atoms with van der Waals surface area (Å²) in [4.78, 5) is 41.9. The van der Waals surface area contributed by atoms with Crippen LogP contribution >= 0.6 is 11.3 Å². The standard InChI is InChI=1S/C18H25N3O4S/c1-7-25-14(22)9-21-16(23)12(8-20(11(2)3)17(21)24)15-19-13(10-26-15)18(4,5)6/h8,10-11H,7,9H2,1-6H3. The lowest BCUT2D eigenvalue weighted by Gasteiger charge is -2.15. The second-order valence-corrected chi connectivity index (χ2v) is 8.17. The molecule has 0 bridgehead atoms. The van der Waals surface area contributed by atoms with Crippen molar-refractivity contribution in [3.05, 3.63) is 38.1 Å². The Bertz CT molecular complexity index is 916. The van der Waals surface area contributed by atoms with E-state index in [9.17, 15) is 14.4 Å². The monoisotopic (exact) mass is 379 g/mol. The van der Waals surface area contributed by atoms with E-state index in [-0.39, 0.29) is 18.1 Å². The van der Waals surface area contributed by atoms with Crippen molar-refractivity contribution in [1.82, 2.24) is 14.1 Å². The summed E-state index contributed by atoms with van der Waals surface area (Å²) in [7, 11) is 0. The smallest absolute Gasteiger partial charge is 0.331 e. The van der Waals surface area contributed by atoms with Crippen molar-refractivity contribution >= 4 is 17.3 Å². The number of nitrogens with zero attached hydrogens (tertiary/aromatic N) is 3. The molecule has 0 fully saturated rings. The van der Waals surface area contributed by atoms with Crippen LogP contribution in [0.3, 0.4) is 0 Å². The van der Waals surface area contributed by atoms with Gasteiger partial charge in [0.05, 0.1) is 17.9 Å². The van der Waals surface area contributed by atoms with E-state index in [4.69, 9.17) is 4.74 Å². The van der Waals surface area contributed by atoms with Crippen molar-refractivity contribution < 1.29 is 9.53 Å². The molecular formula is C18H25N3O4S. The molecule has 26 heavy (non-hydrogen) atoms. The van der Waals surface area contributed by atoms with Crippen LogP contribution in [0.25, 0.3) is 10.6 Å². The Morgan fingerprint density at radius 2 is 1.96 bits per heavy atom. The zero-order valence-electron chi connectivity index (χ0n) is 16.0. The number of carbonyl (C=O) groups excluding carboxylic acids is 1. The number of rotatable bonds is 5. The van der Waals surface area contributed by atoms with E-state index in [1.54, 1.807) is 6.92 Å². The predicted molar refractivity (Wildman–Crippen MR) is 102 cm³/mol. The average molecular weight is 379 g/mol. The van der Waals surface area contributed by atoms with Crippen molar-refractivity contribution in [2.45, 2.75) is 59.5 Å². The van der Waals surface area contributed by atoms with Gasteiger partial charge in [-0.3, -0.25) is 14.2 Å². The molecule has 0 atom stereocenters. The summed E-state index contributed by atoms with van der Waals surface area (Å²) < 4.78 is 7.25. The molecule has 2 aromatic rings. The van der Waals surface area contributed by atoms with Crippen LogP contribution in [0.2, 0.25) is 0 Å². The van der Waals surface area contributed by atoms with Crippen molar-refractivity contribution in [2.24, 2.45) is 0 Å². The van der Waals surface area contributed by atoms with Gasteiger partial charge < -0.3 is 4.74 Å². The van der Waals surface area contributed by atoms with E-state index in [2.05, 4.69) is 4.98 Å². The number of ether oxygens (including phenoxy) is 1. The maximum Gasteiger partial charge on any atom is 0.331 e. The van der Waals surface area contributed by atoms with Crippen LogP contribution in [0.15, 0.2) is 21.2 Å². The van der Waals surface area contributed by atoms with Crippen molar-refractivity contribution in [3.63, 3.8) is 0 Å². The molecule has 0 amide bonds. The lowest BCUT2D eigenvalue weighted by molar-refractivity contribution is -0.143. The van der Waals surface area contributed by atoms with E-state index in [1.807, 2.05) is 40.0 Å². The largest absolute Gasteiger partial charge is 0.465 e. The average Bonchev–Trinajstić information content (AvgIpc) is 3.01. The van der Waals surface area contributed by atoms with Crippen LogP contribution < -0.4 is 11.2 Å². The van der Waals surface area contributed by atoms with Crippen LogP contribution in [0.4, 0.5) is 0 Å². The minimum absolute atomic E-state index is 0.148. The predicted octanol–water partition coefficient (Wildman–Crippen LogP) is 2.58. The van der Waals surface area contributed by atoms with Crippen LogP contribution in [-0.2, 0) is 21.5 Å². The molecule has 0 N–H and O–H groups in total. The number of hydrogen-bond donors (Lipinski definition) is 0. The van der Waals surface area contributed by atoms with E-state index in [0.717, 1.165) is 10.3 Å². The van der Waals surface area contributed by atoms with E-state index in [1.165, 1.54) is 22.1 Å². The van der Waals surface area contributed by atoms with Gasteiger partial charge in [-0.2, -0.15) is 0 Å². The Morgan fingerprint density at radius 1 is 1.31 bits per heavy atom. The van der Waals surface area contributed by atoms with Gasteiger partial charge in [-0.25, -0.2) is 14.3 Å². The molecular weight excluding hydrogens is 354 g/mol. The zero-order valence-corrected chi connectivity index (χ0v) is 16.8. The summed E-state index contributed by atoms with van der Waals surface area (Å²) in [5, 5.41) is 2.45. The van der Waals surface area contributed by atoms with Gasteiger partial charge in [0.15, 0.2) is 0 Å². The Hall–Kier alpha value is -2.22. The molecule has 2 heterocycles. The Labute approximate surface area is 156 Å². The van der Waals surface area contributed by atoms with Gasteiger partial charge in [-0.15, -0.1) is 11.3 Å². The number of hydrogen-bond acceptors (Lipinski definition) is 6. The molecule has 2 aromatic heterocycles. The van der Waals surface area contributed by atoms with Crippen LogP contribution in [-0.4, -0.2) is 26.7 Å². The van der Waals surface area contributed by atoms with Crippen LogP contribution in [0.5, 0.6) is 0 Å². The molecule has 0 unspecified atom stereocenters. The van der Waals surface area contributed by atoms with E-state index < -0.39 is 23.8 Å². The quantitative estimate of drug-likeness (QED) is 0.746. The van der Waals surface area contributed by atoms with Crippen molar-refractivity contribution in [1.29, 1.82) is 0 Å². The highest BCUT2D eigenvalue weighted by Crippen LogP contribution is 2.28. The van der Waals surface area contributed by atoms with Gasteiger partial charge in [0.1, 0.15) is 11.6 Å². The van der Waals surface area contributed by atoms with Gasteiger partial charge >= 0.3 is 11.7 Å². The molecule has 0 aliphatic carbocycles. The second kappa shape index (κ2) is 7.57. The third kappa shape index (κ3) is 4.12. The first kappa shape index (κ1) is 20.1. The number of carbonyl (C=O) groups is 1. The minimum Gasteiger partial charge on any atom is -0.465 e. The zero-order chi connectivity index (χ0) is 19.6. The molecule has 0 saturated carbocycles. The minimum atomic E-state index is -0.617. The topological polar surface area (TPSA) is 83.2 Å². The maximum atomic E-state index is 12.9. The second-order valence-electron chi connectivity index (χ2n) is 7.31. The van der Waals surface area contributed by atoms with Gasteiger partial charge in [0.2, 0.25) is 0 Å². The van der Waals surface area contributed by atoms with Crippen LogP contribution in [0, 0.1) is 0 Å². The fourth-order valence-electron chi connectivity index (χ4n) is 2.35. The van der Waals surface area contributed by atoms with Gasteiger partial charge in [-0.1, -0.05) is 20.8 Å². The Morgan fingerprint density at radius 3 is 2.46 bits per heavy atom. The molecule has 0 aromatic carbocycles. The first-order valence-corrected chi connectivity index (χ1v) is 9.42. The van der Waals surface area contributed by atoms with Gasteiger partial charge in [0, 0.05) is 23.0 Å². The molecule has 142 valence electrons. The summed E-state index contributed by atoms with van der Waals surface area (Å²) in [5.74, 6) is -0.617. The third-order valence-corrected chi connectivity index (χ3v) is 4.72. The normalized spacial score (nSPS) is 11.8. The summed E-state index contributed by atoms with van der Waals surface area (Å²) in [6, 6.07) is -0.169. The van der Waals surface area contributed by atoms with Crippen LogP contribution in [0.1, 0.15) is 53.3 Å². The fraction of sp³-hybridized carbons (Fsp3) is 0.556. The first-order chi connectivity index (χ1) is 12.1.